The van der Waals surface area contributed by atoms with Gasteiger partial charge in [0.25, 0.3) is 0 Å². The minimum Gasteiger partial charge on any atom is -0.398 e. The van der Waals surface area contributed by atoms with Crippen molar-refractivity contribution in [1.29, 1.82) is 0 Å². The summed E-state index contributed by atoms with van der Waals surface area (Å²) >= 11 is 0. The Morgan fingerprint density at radius 1 is 1.05 bits per heavy atom. The summed E-state index contributed by atoms with van der Waals surface area (Å²) in [6, 6.07) is 7.57. The van der Waals surface area contributed by atoms with Crippen LogP contribution in [0, 0.1) is 5.82 Å². The van der Waals surface area contributed by atoms with Gasteiger partial charge in [-0.25, -0.2) is 4.39 Å². The van der Waals surface area contributed by atoms with E-state index in [1.807, 2.05) is 0 Å². The summed E-state index contributed by atoms with van der Waals surface area (Å²) in [4.78, 5) is 0. The number of rotatable bonds is 2. The molecule has 0 aliphatic heterocycles. The van der Waals surface area contributed by atoms with Gasteiger partial charge >= 0.3 is 6.18 Å². The summed E-state index contributed by atoms with van der Waals surface area (Å²) in [6.07, 6.45) is -5.93. The van der Waals surface area contributed by atoms with Crippen molar-refractivity contribution in [3.05, 3.63) is 65.0 Å². The van der Waals surface area contributed by atoms with Crippen LogP contribution in [-0.2, 0) is 6.18 Å². The molecule has 106 valence electrons. The first kappa shape index (κ1) is 14.3. The molecule has 0 bridgehead atoms. The summed E-state index contributed by atoms with van der Waals surface area (Å²) < 4.78 is 51.0. The van der Waals surface area contributed by atoms with Gasteiger partial charge in [-0.2, -0.15) is 13.2 Å². The minimum absolute atomic E-state index is 0.00266. The van der Waals surface area contributed by atoms with Gasteiger partial charge < -0.3 is 10.8 Å². The molecule has 0 saturated carbocycles. The topological polar surface area (TPSA) is 46.2 Å². The Balaban J connectivity index is 2.43. The molecule has 2 aromatic carbocycles. The van der Waals surface area contributed by atoms with Crippen LogP contribution in [0.25, 0.3) is 0 Å². The van der Waals surface area contributed by atoms with Crippen LogP contribution >= 0.6 is 0 Å². The predicted molar refractivity (Wildman–Crippen MR) is 66.3 cm³/mol. The summed E-state index contributed by atoms with van der Waals surface area (Å²) in [6.45, 7) is 0. The van der Waals surface area contributed by atoms with Crippen LogP contribution in [0.3, 0.4) is 0 Å². The molecule has 0 aromatic heterocycles. The quantitative estimate of drug-likeness (QED) is 0.655. The summed E-state index contributed by atoms with van der Waals surface area (Å²) in [5, 5.41) is 10.1. The second-order valence-corrected chi connectivity index (χ2v) is 4.30. The van der Waals surface area contributed by atoms with Crippen LogP contribution in [0.1, 0.15) is 22.8 Å². The van der Waals surface area contributed by atoms with Gasteiger partial charge in [-0.3, -0.25) is 0 Å². The number of hydrogen-bond acceptors (Lipinski definition) is 2. The second-order valence-electron chi connectivity index (χ2n) is 4.30. The normalized spacial score (nSPS) is 13.2. The van der Waals surface area contributed by atoms with Gasteiger partial charge in [0.2, 0.25) is 0 Å². The van der Waals surface area contributed by atoms with Crippen molar-refractivity contribution < 1.29 is 22.7 Å². The summed E-state index contributed by atoms with van der Waals surface area (Å²) in [5.41, 5.74) is 4.85. The molecule has 0 fully saturated rings. The Bertz CT molecular complexity index is 625. The lowest BCUT2D eigenvalue weighted by atomic mass is 9.98. The third-order valence-corrected chi connectivity index (χ3v) is 2.87. The third-order valence-electron chi connectivity index (χ3n) is 2.87. The van der Waals surface area contributed by atoms with Gasteiger partial charge in [-0.05, 0) is 35.9 Å². The Hall–Kier alpha value is -2.08. The van der Waals surface area contributed by atoms with Crippen LogP contribution in [0.2, 0.25) is 0 Å². The van der Waals surface area contributed by atoms with Gasteiger partial charge in [-0.15, -0.1) is 0 Å². The van der Waals surface area contributed by atoms with Crippen molar-refractivity contribution in [1.82, 2.24) is 0 Å². The highest BCUT2D eigenvalue weighted by Gasteiger charge is 2.31. The molecule has 0 aliphatic carbocycles. The summed E-state index contributed by atoms with van der Waals surface area (Å²) in [7, 11) is 0. The SMILES string of the molecule is Nc1ccc(F)cc1C(O)c1cccc(C(F)(F)F)c1. The predicted octanol–water partition coefficient (Wildman–Crippen LogP) is 3.51. The Kier molecular flexibility index (Phi) is 3.67. The van der Waals surface area contributed by atoms with Gasteiger partial charge in [0.15, 0.2) is 0 Å². The van der Waals surface area contributed by atoms with Gasteiger partial charge in [0.05, 0.1) is 5.56 Å². The molecule has 6 heteroatoms. The van der Waals surface area contributed by atoms with Crippen molar-refractivity contribution in [3.8, 4) is 0 Å². The number of nitrogen functional groups attached to an aromatic ring is 1. The van der Waals surface area contributed by atoms with E-state index in [2.05, 4.69) is 0 Å². The van der Waals surface area contributed by atoms with E-state index in [1.165, 1.54) is 18.2 Å². The molecule has 2 rings (SSSR count). The fourth-order valence-electron chi connectivity index (χ4n) is 1.85. The maximum atomic E-state index is 13.1. The van der Waals surface area contributed by atoms with Crippen molar-refractivity contribution in [2.24, 2.45) is 0 Å². The number of benzene rings is 2. The van der Waals surface area contributed by atoms with E-state index in [9.17, 15) is 22.7 Å². The molecule has 3 N–H and O–H groups in total. The highest BCUT2D eigenvalue weighted by Crippen LogP contribution is 2.33. The van der Waals surface area contributed by atoms with E-state index in [0.29, 0.717) is 0 Å². The number of halogens is 4. The molecule has 0 saturated heterocycles. The molecule has 2 nitrogen and oxygen atoms in total. The van der Waals surface area contributed by atoms with Crippen molar-refractivity contribution in [2.45, 2.75) is 12.3 Å². The number of anilines is 1. The first-order valence-electron chi connectivity index (χ1n) is 5.69. The average molecular weight is 285 g/mol. The Labute approximate surface area is 112 Å². The lowest BCUT2D eigenvalue weighted by Gasteiger charge is -2.15. The maximum Gasteiger partial charge on any atom is 0.416 e. The van der Waals surface area contributed by atoms with Crippen molar-refractivity contribution >= 4 is 5.69 Å². The molecule has 0 heterocycles. The second kappa shape index (κ2) is 5.13. The zero-order valence-corrected chi connectivity index (χ0v) is 10.2. The number of alkyl halides is 3. The molecule has 0 radical (unpaired) electrons. The van der Waals surface area contributed by atoms with Crippen molar-refractivity contribution in [2.75, 3.05) is 5.73 Å². The average Bonchev–Trinajstić information content (AvgIpc) is 2.40. The van der Waals surface area contributed by atoms with Gasteiger partial charge in [-0.1, -0.05) is 12.1 Å². The minimum atomic E-state index is -4.51. The molecule has 1 atom stereocenters. The Morgan fingerprint density at radius 2 is 1.75 bits per heavy atom. The van der Waals surface area contributed by atoms with Crippen molar-refractivity contribution in [3.63, 3.8) is 0 Å². The maximum absolute atomic E-state index is 13.1. The highest BCUT2D eigenvalue weighted by atomic mass is 19.4. The molecular formula is C14H11F4NO. The lowest BCUT2D eigenvalue weighted by Crippen LogP contribution is -2.08. The van der Waals surface area contributed by atoms with Crippen LogP contribution < -0.4 is 5.73 Å². The first-order valence-corrected chi connectivity index (χ1v) is 5.69. The van der Waals surface area contributed by atoms with Crippen LogP contribution in [-0.4, -0.2) is 5.11 Å². The number of nitrogens with two attached hydrogens (primary N) is 1. The molecule has 0 aliphatic rings. The molecule has 0 spiro atoms. The number of aliphatic hydroxyl groups excluding tert-OH is 1. The smallest absolute Gasteiger partial charge is 0.398 e. The lowest BCUT2D eigenvalue weighted by molar-refractivity contribution is -0.137. The fourth-order valence-corrected chi connectivity index (χ4v) is 1.85. The van der Waals surface area contributed by atoms with E-state index >= 15 is 0 Å². The largest absolute Gasteiger partial charge is 0.416 e. The zero-order valence-electron chi connectivity index (χ0n) is 10.2. The van der Waals surface area contributed by atoms with Gasteiger partial charge in [0, 0.05) is 11.3 Å². The molecule has 0 amide bonds. The Morgan fingerprint density at radius 3 is 2.40 bits per heavy atom. The first-order chi connectivity index (χ1) is 9.29. The van der Waals surface area contributed by atoms with E-state index in [0.717, 1.165) is 24.3 Å². The third kappa shape index (κ3) is 2.91. The van der Waals surface area contributed by atoms with E-state index < -0.39 is 23.7 Å². The highest BCUT2D eigenvalue weighted by molar-refractivity contribution is 5.51. The van der Waals surface area contributed by atoms with Crippen LogP contribution in [0.4, 0.5) is 23.2 Å². The van der Waals surface area contributed by atoms with Crippen LogP contribution in [0.5, 0.6) is 0 Å². The molecule has 1 unspecified atom stereocenters. The zero-order chi connectivity index (χ0) is 14.9. The number of hydrogen-bond donors (Lipinski definition) is 2. The fraction of sp³-hybridized carbons (Fsp3) is 0.143. The monoisotopic (exact) mass is 285 g/mol. The van der Waals surface area contributed by atoms with E-state index in [4.69, 9.17) is 5.73 Å². The van der Waals surface area contributed by atoms with E-state index in [-0.39, 0.29) is 16.8 Å². The number of aliphatic hydroxyl groups is 1. The molecular weight excluding hydrogens is 274 g/mol. The molecule has 20 heavy (non-hydrogen) atoms. The van der Waals surface area contributed by atoms with E-state index in [1.54, 1.807) is 0 Å². The van der Waals surface area contributed by atoms with Gasteiger partial charge in [0.1, 0.15) is 11.9 Å². The summed E-state index contributed by atoms with van der Waals surface area (Å²) in [5.74, 6) is -0.625. The molecule has 2 aromatic rings. The van der Waals surface area contributed by atoms with Crippen LogP contribution in [0.15, 0.2) is 42.5 Å². The standard InChI is InChI=1S/C14H11F4NO/c15-10-4-5-12(19)11(7-10)13(20)8-2-1-3-9(6-8)14(16,17)18/h1-7,13,20H,19H2.